The maximum Gasteiger partial charge on any atom is 0.122 e. The van der Waals surface area contributed by atoms with Crippen LogP contribution in [0.2, 0.25) is 0 Å². The highest BCUT2D eigenvalue weighted by atomic mass is 16.5. The molecule has 2 rings (SSSR count). The molecule has 1 N–H and O–H groups in total. The molecule has 0 bridgehead atoms. The van der Waals surface area contributed by atoms with Crippen molar-refractivity contribution in [3.8, 4) is 5.75 Å². The third-order valence-corrected chi connectivity index (χ3v) is 2.98. The molecular weight excluding hydrogens is 174 g/mol. The summed E-state index contributed by atoms with van der Waals surface area (Å²) in [6, 6.07) is 4.94. The SMILES string of the molecule is COc1cc(C)c(C2CCN2)cc1C. The molecule has 1 aliphatic heterocycles. The van der Waals surface area contributed by atoms with E-state index in [-0.39, 0.29) is 0 Å². The molecule has 1 fully saturated rings. The van der Waals surface area contributed by atoms with Gasteiger partial charge in [-0.05, 0) is 49.6 Å². The summed E-state index contributed by atoms with van der Waals surface area (Å²) in [6.07, 6.45) is 1.26. The Bertz CT molecular complexity index is 342. The molecule has 76 valence electrons. The van der Waals surface area contributed by atoms with Gasteiger partial charge in [-0.25, -0.2) is 0 Å². The Kier molecular flexibility index (Phi) is 2.46. The van der Waals surface area contributed by atoms with E-state index in [2.05, 4.69) is 31.3 Å². The van der Waals surface area contributed by atoms with E-state index < -0.39 is 0 Å². The fourth-order valence-electron chi connectivity index (χ4n) is 1.96. The van der Waals surface area contributed by atoms with Crippen LogP contribution >= 0.6 is 0 Å². The lowest BCUT2D eigenvalue weighted by atomic mass is 9.92. The number of aryl methyl sites for hydroxylation is 2. The topological polar surface area (TPSA) is 21.3 Å². The van der Waals surface area contributed by atoms with Crippen molar-refractivity contribution in [3.05, 3.63) is 28.8 Å². The molecule has 1 aromatic rings. The fraction of sp³-hybridized carbons (Fsp3) is 0.500. The van der Waals surface area contributed by atoms with Crippen molar-refractivity contribution in [3.63, 3.8) is 0 Å². The number of benzene rings is 1. The predicted octanol–water partition coefficient (Wildman–Crippen LogP) is 2.35. The molecule has 2 heteroatoms. The van der Waals surface area contributed by atoms with E-state index in [0.717, 1.165) is 12.3 Å². The van der Waals surface area contributed by atoms with Crippen molar-refractivity contribution >= 4 is 0 Å². The maximum atomic E-state index is 5.29. The number of hydrogen-bond donors (Lipinski definition) is 1. The summed E-state index contributed by atoms with van der Waals surface area (Å²) >= 11 is 0. The Hall–Kier alpha value is -1.02. The monoisotopic (exact) mass is 191 g/mol. The van der Waals surface area contributed by atoms with Crippen molar-refractivity contribution < 1.29 is 4.74 Å². The van der Waals surface area contributed by atoms with Crippen LogP contribution in [0.25, 0.3) is 0 Å². The van der Waals surface area contributed by atoms with Gasteiger partial charge in [0, 0.05) is 6.04 Å². The number of rotatable bonds is 2. The van der Waals surface area contributed by atoms with Crippen molar-refractivity contribution in [1.29, 1.82) is 0 Å². The standard InChI is InChI=1S/C12H17NO/c1-8-7-12(14-3)9(2)6-10(8)11-4-5-13-11/h6-7,11,13H,4-5H2,1-3H3. The fourth-order valence-corrected chi connectivity index (χ4v) is 1.96. The first-order valence-corrected chi connectivity index (χ1v) is 5.11. The van der Waals surface area contributed by atoms with Gasteiger partial charge in [-0.1, -0.05) is 6.07 Å². The van der Waals surface area contributed by atoms with Crippen LogP contribution in [0.1, 0.15) is 29.2 Å². The lowest BCUT2D eigenvalue weighted by molar-refractivity contribution is 0.379. The van der Waals surface area contributed by atoms with E-state index in [1.165, 1.54) is 23.1 Å². The second-order valence-corrected chi connectivity index (χ2v) is 3.97. The summed E-state index contributed by atoms with van der Waals surface area (Å²) in [5.41, 5.74) is 3.97. The van der Waals surface area contributed by atoms with Crippen LogP contribution in [0.15, 0.2) is 12.1 Å². The molecule has 2 nitrogen and oxygen atoms in total. The minimum Gasteiger partial charge on any atom is -0.496 e. The van der Waals surface area contributed by atoms with Crippen LogP contribution in [0.5, 0.6) is 5.75 Å². The molecule has 1 aromatic carbocycles. The highest BCUT2D eigenvalue weighted by Gasteiger charge is 2.20. The van der Waals surface area contributed by atoms with Gasteiger partial charge >= 0.3 is 0 Å². The molecular formula is C12H17NO. The van der Waals surface area contributed by atoms with E-state index in [0.29, 0.717) is 6.04 Å². The quantitative estimate of drug-likeness (QED) is 0.774. The van der Waals surface area contributed by atoms with Gasteiger partial charge in [0.05, 0.1) is 7.11 Å². The van der Waals surface area contributed by atoms with Crippen molar-refractivity contribution in [2.24, 2.45) is 0 Å². The smallest absolute Gasteiger partial charge is 0.122 e. The number of nitrogens with one attached hydrogen (secondary N) is 1. The van der Waals surface area contributed by atoms with Crippen LogP contribution in [-0.2, 0) is 0 Å². The van der Waals surface area contributed by atoms with Gasteiger partial charge in [0.25, 0.3) is 0 Å². The van der Waals surface area contributed by atoms with Crippen LogP contribution in [0, 0.1) is 13.8 Å². The van der Waals surface area contributed by atoms with E-state index in [4.69, 9.17) is 4.74 Å². The first-order valence-electron chi connectivity index (χ1n) is 5.11. The molecule has 0 radical (unpaired) electrons. The summed E-state index contributed by atoms with van der Waals surface area (Å²) in [4.78, 5) is 0. The van der Waals surface area contributed by atoms with E-state index in [1.54, 1.807) is 7.11 Å². The average Bonchev–Trinajstić information content (AvgIpc) is 2.08. The Labute approximate surface area is 85.3 Å². The van der Waals surface area contributed by atoms with Crippen LogP contribution < -0.4 is 10.1 Å². The maximum absolute atomic E-state index is 5.29. The molecule has 1 heterocycles. The molecule has 0 spiro atoms. The van der Waals surface area contributed by atoms with E-state index in [9.17, 15) is 0 Å². The number of methoxy groups -OCH3 is 1. The van der Waals surface area contributed by atoms with Gasteiger partial charge < -0.3 is 10.1 Å². The summed E-state index contributed by atoms with van der Waals surface area (Å²) in [7, 11) is 1.73. The first kappa shape index (κ1) is 9.53. The summed E-state index contributed by atoms with van der Waals surface area (Å²) in [5, 5.41) is 3.43. The normalized spacial score (nSPS) is 20.4. The molecule has 1 aliphatic rings. The molecule has 1 saturated heterocycles. The van der Waals surface area contributed by atoms with Gasteiger partial charge in [0.1, 0.15) is 5.75 Å². The Morgan fingerprint density at radius 2 is 2.00 bits per heavy atom. The minimum atomic E-state index is 0.569. The van der Waals surface area contributed by atoms with Crippen LogP contribution in [0.3, 0.4) is 0 Å². The Balaban J connectivity index is 2.36. The Morgan fingerprint density at radius 1 is 1.29 bits per heavy atom. The molecule has 14 heavy (non-hydrogen) atoms. The molecule has 0 saturated carbocycles. The van der Waals surface area contributed by atoms with Crippen LogP contribution in [0.4, 0.5) is 0 Å². The molecule has 0 aliphatic carbocycles. The van der Waals surface area contributed by atoms with Gasteiger partial charge in [0.2, 0.25) is 0 Å². The van der Waals surface area contributed by atoms with Gasteiger partial charge in [-0.2, -0.15) is 0 Å². The van der Waals surface area contributed by atoms with Crippen LogP contribution in [-0.4, -0.2) is 13.7 Å². The van der Waals surface area contributed by atoms with Crippen molar-refractivity contribution in [2.75, 3.05) is 13.7 Å². The minimum absolute atomic E-state index is 0.569. The molecule has 0 amide bonds. The van der Waals surface area contributed by atoms with Gasteiger partial charge in [0.15, 0.2) is 0 Å². The molecule has 0 aromatic heterocycles. The second kappa shape index (κ2) is 3.62. The van der Waals surface area contributed by atoms with Crippen molar-refractivity contribution in [1.82, 2.24) is 5.32 Å². The summed E-state index contributed by atoms with van der Waals surface area (Å²) in [6.45, 7) is 5.40. The molecule has 1 unspecified atom stereocenters. The van der Waals surface area contributed by atoms with Gasteiger partial charge in [-0.15, -0.1) is 0 Å². The molecule has 1 atom stereocenters. The zero-order valence-corrected chi connectivity index (χ0v) is 9.05. The lowest BCUT2D eigenvalue weighted by Crippen LogP contribution is -2.35. The lowest BCUT2D eigenvalue weighted by Gasteiger charge is -2.30. The predicted molar refractivity (Wildman–Crippen MR) is 57.8 cm³/mol. The van der Waals surface area contributed by atoms with Crippen molar-refractivity contribution in [2.45, 2.75) is 26.3 Å². The second-order valence-electron chi connectivity index (χ2n) is 3.97. The number of hydrogen-bond acceptors (Lipinski definition) is 2. The Morgan fingerprint density at radius 3 is 2.50 bits per heavy atom. The summed E-state index contributed by atoms with van der Waals surface area (Å²) in [5.74, 6) is 0.991. The zero-order chi connectivity index (χ0) is 10.1. The van der Waals surface area contributed by atoms with E-state index in [1.807, 2.05) is 0 Å². The summed E-state index contributed by atoms with van der Waals surface area (Å²) < 4.78 is 5.29. The average molecular weight is 191 g/mol. The largest absolute Gasteiger partial charge is 0.496 e. The third-order valence-electron chi connectivity index (χ3n) is 2.98. The number of ether oxygens (including phenoxy) is 1. The first-order chi connectivity index (χ1) is 6.72. The third kappa shape index (κ3) is 1.50. The highest BCUT2D eigenvalue weighted by Crippen LogP contribution is 2.30. The zero-order valence-electron chi connectivity index (χ0n) is 9.05. The van der Waals surface area contributed by atoms with Gasteiger partial charge in [-0.3, -0.25) is 0 Å². The highest BCUT2D eigenvalue weighted by molar-refractivity contribution is 5.43. The van der Waals surface area contributed by atoms with E-state index >= 15 is 0 Å².